The number of rotatable bonds is 8. The van der Waals surface area contributed by atoms with Gasteiger partial charge in [-0.25, -0.2) is 0 Å². The first kappa shape index (κ1) is 13.9. The second kappa shape index (κ2) is 7.22. The molecule has 0 aliphatic carbocycles. The van der Waals surface area contributed by atoms with Crippen molar-refractivity contribution in [1.82, 2.24) is 10.6 Å². The summed E-state index contributed by atoms with van der Waals surface area (Å²) in [6, 6.07) is 0. The van der Waals surface area contributed by atoms with Gasteiger partial charge in [-0.1, -0.05) is 13.3 Å². The van der Waals surface area contributed by atoms with Crippen molar-refractivity contribution >= 4 is 0 Å². The van der Waals surface area contributed by atoms with Crippen molar-refractivity contribution in [2.75, 3.05) is 32.8 Å². The van der Waals surface area contributed by atoms with E-state index in [2.05, 4.69) is 24.5 Å². The maximum Gasteiger partial charge on any atom is 0.0897 e. The van der Waals surface area contributed by atoms with Crippen LogP contribution in [0.15, 0.2) is 0 Å². The lowest BCUT2D eigenvalue weighted by atomic mass is 10.0. The van der Waals surface area contributed by atoms with Crippen molar-refractivity contribution in [3.63, 3.8) is 0 Å². The Morgan fingerprint density at radius 3 is 3.00 bits per heavy atom. The molecule has 3 N–H and O–H groups in total. The fraction of sp³-hybridized carbons (Fsp3) is 1.00. The van der Waals surface area contributed by atoms with Gasteiger partial charge < -0.3 is 20.5 Å². The van der Waals surface area contributed by atoms with Crippen molar-refractivity contribution in [1.29, 1.82) is 0 Å². The predicted octanol–water partition coefficient (Wildman–Crippen LogP) is 0.506. The van der Waals surface area contributed by atoms with Crippen molar-refractivity contribution in [2.45, 2.75) is 44.8 Å². The summed E-state index contributed by atoms with van der Waals surface area (Å²) in [5.41, 5.74) is 0.143. The number of hydrogen-bond donors (Lipinski definition) is 3. The quantitative estimate of drug-likeness (QED) is 0.532. The molecule has 4 nitrogen and oxygen atoms in total. The van der Waals surface area contributed by atoms with Crippen LogP contribution in [-0.2, 0) is 4.74 Å². The molecule has 4 heteroatoms. The lowest BCUT2D eigenvalue weighted by molar-refractivity contribution is 0.0326. The molecule has 1 rings (SSSR count). The molecule has 96 valence electrons. The van der Waals surface area contributed by atoms with Gasteiger partial charge in [0.2, 0.25) is 0 Å². The summed E-state index contributed by atoms with van der Waals surface area (Å²) in [4.78, 5) is 0. The number of aliphatic hydroxyl groups excluding tert-OH is 1. The molecule has 1 aliphatic heterocycles. The molecule has 0 radical (unpaired) electrons. The van der Waals surface area contributed by atoms with Crippen molar-refractivity contribution in [3.8, 4) is 0 Å². The van der Waals surface area contributed by atoms with Crippen LogP contribution in [-0.4, -0.2) is 49.6 Å². The predicted molar refractivity (Wildman–Crippen MR) is 65.6 cm³/mol. The zero-order valence-electron chi connectivity index (χ0n) is 10.6. The molecule has 0 aromatic carbocycles. The van der Waals surface area contributed by atoms with Gasteiger partial charge in [-0.3, -0.25) is 0 Å². The first-order chi connectivity index (χ1) is 7.66. The summed E-state index contributed by atoms with van der Waals surface area (Å²) >= 11 is 0. The third-order valence-electron chi connectivity index (χ3n) is 3.09. The summed E-state index contributed by atoms with van der Waals surface area (Å²) in [5.74, 6) is 0. The minimum Gasteiger partial charge on any atom is -0.389 e. The van der Waals surface area contributed by atoms with E-state index in [1.807, 2.05) is 0 Å². The molecule has 2 unspecified atom stereocenters. The highest BCUT2D eigenvalue weighted by atomic mass is 16.5. The number of ether oxygens (including phenoxy) is 1. The van der Waals surface area contributed by atoms with E-state index in [-0.39, 0.29) is 5.54 Å². The second-order valence-electron chi connectivity index (χ2n) is 4.95. The Morgan fingerprint density at radius 2 is 2.38 bits per heavy atom. The lowest BCUT2D eigenvalue weighted by Crippen LogP contribution is -2.48. The number of nitrogens with one attached hydrogen (secondary N) is 2. The molecule has 1 aliphatic rings. The molecule has 0 saturated carbocycles. The van der Waals surface area contributed by atoms with E-state index in [1.165, 1.54) is 0 Å². The molecule has 2 atom stereocenters. The minimum atomic E-state index is -0.394. The Balaban J connectivity index is 2.03. The third kappa shape index (κ3) is 5.25. The number of aliphatic hydroxyl groups is 1. The van der Waals surface area contributed by atoms with Gasteiger partial charge in [-0.15, -0.1) is 0 Å². The maximum atomic E-state index is 9.72. The molecular formula is C12H26N2O2. The van der Waals surface area contributed by atoms with Gasteiger partial charge in [-0.05, 0) is 26.3 Å². The summed E-state index contributed by atoms with van der Waals surface area (Å²) in [6.45, 7) is 8.18. The van der Waals surface area contributed by atoms with Gasteiger partial charge in [0.1, 0.15) is 0 Å². The van der Waals surface area contributed by atoms with E-state index in [4.69, 9.17) is 4.74 Å². The normalized spacial score (nSPS) is 27.2. The van der Waals surface area contributed by atoms with Gasteiger partial charge >= 0.3 is 0 Å². The second-order valence-corrected chi connectivity index (χ2v) is 4.95. The van der Waals surface area contributed by atoms with Crippen molar-refractivity contribution < 1.29 is 9.84 Å². The number of unbranched alkanes of at least 4 members (excludes halogenated alkanes) is 1. The smallest absolute Gasteiger partial charge is 0.0897 e. The van der Waals surface area contributed by atoms with E-state index >= 15 is 0 Å². The van der Waals surface area contributed by atoms with Crippen LogP contribution in [0.1, 0.15) is 33.1 Å². The van der Waals surface area contributed by atoms with Gasteiger partial charge in [-0.2, -0.15) is 0 Å². The van der Waals surface area contributed by atoms with E-state index in [1.54, 1.807) is 0 Å². The monoisotopic (exact) mass is 230 g/mol. The molecule has 0 aromatic rings. The fourth-order valence-corrected chi connectivity index (χ4v) is 1.86. The molecule has 16 heavy (non-hydrogen) atoms. The topological polar surface area (TPSA) is 53.5 Å². The highest BCUT2D eigenvalue weighted by Gasteiger charge is 2.28. The lowest BCUT2D eigenvalue weighted by Gasteiger charge is -2.26. The van der Waals surface area contributed by atoms with E-state index in [9.17, 15) is 5.11 Å². The van der Waals surface area contributed by atoms with Gasteiger partial charge in [0.15, 0.2) is 0 Å². The van der Waals surface area contributed by atoms with Gasteiger partial charge in [0.25, 0.3) is 0 Å². The SMILES string of the molecule is CCCCOCC(O)CNC1(C)CCNC1. The molecule has 0 bridgehead atoms. The van der Waals surface area contributed by atoms with Crippen LogP contribution in [0, 0.1) is 0 Å². The van der Waals surface area contributed by atoms with Crippen LogP contribution >= 0.6 is 0 Å². The zero-order valence-corrected chi connectivity index (χ0v) is 10.6. The van der Waals surface area contributed by atoms with E-state index < -0.39 is 6.10 Å². The highest BCUT2D eigenvalue weighted by molar-refractivity contribution is 4.91. The zero-order chi connectivity index (χ0) is 11.9. The van der Waals surface area contributed by atoms with Gasteiger partial charge in [0, 0.05) is 25.2 Å². The van der Waals surface area contributed by atoms with Crippen LogP contribution in [0.25, 0.3) is 0 Å². The first-order valence-electron chi connectivity index (χ1n) is 6.38. The number of β-amino-alcohol motifs (C(OH)–C–C–N with tert-alkyl or cyclic N) is 1. The van der Waals surface area contributed by atoms with Crippen LogP contribution < -0.4 is 10.6 Å². The molecule has 1 saturated heterocycles. The van der Waals surface area contributed by atoms with Crippen LogP contribution in [0.5, 0.6) is 0 Å². The molecule has 1 heterocycles. The average molecular weight is 230 g/mol. The molecule has 1 fully saturated rings. The highest BCUT2D eigenvalue weighted by Crippen LogP contribution is 2.12. The van der Waals surface area contributed by atoms with Crippen molar-refractivity contribution in [2.24, 2.45) is 0 Å². The van der Waals surface area contributed by atoms with Gasteiger partial charge in [0.05, 0.1) is 12.7 Å². The number of hydrogen-bond acceptors (Lipinski definition) is 4. The fourth-order valence-electron chi connectivity index (χ4n) is 1.86. The summed E-state index contributed by atoms with van der Waals surface area (Å²) < 4.78 is 5.38. The Kier molecular flexibility index (Phi) is 6.28. The Labute approximate surface area is 98.8 Å². The van der Waals surface area contributed by atoms with Crippen LogP contribution in [0.4, 0.5) is 0 Å². The van der Waals surface area contributed by atoms with Crippen molar-refractivity contribution in [3.05, 3.63) is 0 Å². The largest absolute Gasteiger partial charge is 0.389 e. The standard InChI is InChI=1S/C12H26N2O2/c1-3-4-7-16-9-11(15)8-14-12(2)5-6-13-10-12/h11,13-15H,3-10H2,1-2H3. The minimum absolute atomic E-state index is 0.143. The summed E-state index contributed by atoms with van der Waals surface area (Å²) in [6.07, 6.45) is 2.94. The molecule has 0 aromatic heterocycles. The average Bonchev–Trinajstić information content (AvgIpc) is 2.70. The molecular weight excluding hydrogens is 204 g/mol. The van der Waals surface area contributed by atoms with Crippen LogP contribution in [0.2, 0.25) is 0 Å². The third-order valence-corrected chi connectivity index (χ3v) is 3.09. The molecule has 0 amide bonds. The Morgan fingerprint density at radius 1 is 1.56 bits per heavy atom. The maximum absolute atomic E-state index is 9.72. The van der Waals surface area contributed by atoms with Crippen LogP contribution in [0.3, 0.4) is 0 Å². The summed E-state index contributed by atoms with van der Waals surface area (Å²) in [7, 11) is 0. The van der Waals surface area contributed by atoms with E-state index in [0.29, 0.717) is 13.2 Å². The van der Waals surface area contributed by atoms with E-state index in [0.717, 1.165) is 39.0 Å². The first-order valence-corrected chi connectivity index (χ1v) is 6.38. The summed E-state index contributed by atoms with van der Waals surface area (Å²) in [5, 5.41) is 16.4. The Hall–Kier alpha value is -0.160. The Bertz CT molecular complexity index is 182. The molecule has 0 spiro atoms.